The molecule has 110 valence electrons. The fourth-order valence-corrected chi connectivity index (χ4v) is 2.05. The van der Waals surface area contributed by atoms with Crippen molar-refractivity contribution in [1.82, 2.24) is 0 Å². The largest absolute Gasteiger partial charge is 0.478 e. The number of carboxylic acids is 1. The standard InChI is InChI=1S/C14H14N2O5/c1-9-10(5-6-21-9)8-15(2)13-7-11(16(19)20)3-4-12(13)14(17)18/h3-7H,8H2,1-2H3,(H,17,18). The Labute approximate surface area is 120 Å². The average molecular weight is 290 g/mol. The number of rotatable bonds is 5. The van der Waals surface area contributed by atoms with E-state index in [0.717, 1.165) is 11.3 Å². The van der Waals surface area contributed by atoms with Gasteiger partial charge in [-0.3, -0.25) is 10.1 Å². The zero-order chi connectivity index (χ0) is 15.6. The molecule has 1 aromatic carbocycles. The Bertz CT molecular complexity index is 692. The topological polar surface area (TPSA) is 96.8 Å². The van der Waals surface area contributed by atoms with Crippen molar-refractivity contribution in [3.05, 3.63) is 57.5 Å². The highest BCUT2D eigenvalue weighted by Gasteiger charge is 2.19. The number of non-ortho nitro benzene ring substituents is 1. The number of carbonyl (C=O) groups is 1. The molecule has 0 radical (unpaired) electrons. The summed E-state index contributed by atoms with van der Waals surface area (Å²) in [5, 5.41) is 20.1. The molecule has 2 aromatic rings. The molecule has 0 fully saturated rings. The number of hydrogen-bond acceptors (Lipinski definition) is 5. The van der Waals surface area contributed by atoms with Crippen molar-refractivity contribution in [1.29, 1.82) is 0 Å². The van der Waals surface area contributed by atoms with E-state index in [-0.39, 0.29) is 16.9 Å². The van der Waals surface area contributed by atoms with Gasteiger partial charge in [-0.05, 0) is 19.1 Å². The molecule has 0 unspecified atom stereocenters. The van der Waals surface area contributed by atoms with Gasteiger partial charge in [-0.25, -0.2) is 4.79 Å². The molecule has 0 aliphatic heterocycles. The predicted molar refractivity (Wildman–Crippen MR) is 75.6 cm³/mol. The Balaban J connectivity index is 2.39. The molecule has 7 heteroatoms. The summed E-state index contributed by atoms with van der Waals surface area (Å²) in [5.41, 5.74) is 1.05. The SMILES string of the molecule is Cc1occc1CN(C)c1cc([N+](=O)[O-])ccc1C(=O)O. The minimum atomic E-state index is -1.13. The first kappa shape index (κ1) is 14.6. The highest BCUT2D eigenvalue weighted by molar-refractivity contribution is 5.95. The van der Waals surface area contributed by atoms with Gasteiger partial charge in [0.1, 0.15) is 5.76 Å². The van der Waals surface area contributed by atoms with Crippen LogP contribution in [0.4, 0.5) is 11.4 Å². The molecule has 2 rings (SSSR count). The second-order valence-corrected chi connectivity index (χ2v) is 4.62. The molecular weight excluding hydrogens is 276 g/mol. The Morgan fingerprint density at radius 1 is 1.43 bits per heavy atom. The number of anilines is 1. The lowest BCUT2D eigenvalue weighted by Crippen LogP contribution is -2.19. The van der Waals surface area contributed by atoms with Gasteiger partial charge in [-0.15, -0.1) is 0 Å². The number of benzene rings is 1. The average Bonchev–Trinajstić information content (AvgIpc) is 2.83. The maximum Gasteiger partial charge on any atom is 0.337 e. The molecule has 0 spiro atoms. The fourth-order valence-electron chi connectivity index (χ4n) is 2.05. The van der Waals surface area contributed by atoms with Crippen LogP contribution in [0.3, 0.4) is 0 Å². The number of nitro benzene ring substituents is 1. The molecule has 0 bridgehead atoms. The van der Waals surface area contributed by atoms with E-state index >= 15 is 0 Å². The number of hydrogen-bond donors (Lipinski definition) is 1. The van der Waals surface area contributed by atoms with Crippen LogP contribution in [-0.2, 0) is 6.54 Å². The Morgan fingerprint density at radius 3 is 2.67 bits per heavy atom. The second-order valence-electron chi connectivity index (χ2n) is 4.62. The van der Waals surface area contributed by atoms with Crippen molar-refractivity contribution in [2.75, 3.05) is 11.9 Å². The zero-order valence-electron chi connectivity index (χ0n) is 11.6. The number of nitrogens with zero attached hydrogens (tertiary/aromatic N) is 2. The van der Waals surface area contributed by atoms with E-state index < -0.39 is 10.9 Å². The van der Waals surface area contributed by atoms with Crippen molar-refractivity contribution in [2.24, 2.45) is 0 Å². The molecule has 0 aliphatic rings. The van der Waals surface area contributed by atoms with Crippen molar-refractivity contribution < 1.29 is 19.2 Å². The van der Waals surface area contributed by atoms with Gasteiger partial charge in [-0.2, -0.15) is 0 Å². The lowest BCUT2D eigenvalue weighted by atomic mass is 10.1. The van der Waals surface area contributed by atoms with Crippen LogP contribution in [0.15, 0.2) is 34.9 Å². The highest BCUT2D eigenvalue weighted by Crippen LogP contribution is 2.27. The van der Waals surface area contributed by atoms with E-state index in [1.54, 1.807) is 31.2 Å². The highest BCUT2D eigenvalue weighted by atomic mass is 16.6. The Kier molecular flexibility index (Phi) is 3.93. The third-order valence-corrected chi connectivity index (χ3v) is 3.21. The van der Waals surface area contributed by atoms with Crippen LogP contribution in [-0.4, -0.2) is 23.0 Å². The lowest BCUT2D eigenvalue weighted by Gasteiger charge is -2.20. The van der Waals surface area contributed by atoms with Crippen LogP contribution in [0.25, 0.3) is 0 Å². The monoisotopic (exact) mass is 290 g/mol. The number of aromatic carboxylic acids is 1. The summed E-state index contributed by atoms with van der Waals surface area (Å²) in [5.74, 6) is -0.403. The zero-order valence-corrected chi connectivity index (χ0v) is 11.6. The number of furan rings is 1. The number of nitro groups is 1. The minimum Gasteiger partial charge on any atom is -0.478 e. The summed E-state index contributed by atoms with van der Waals surface area (Å²) in [6.45, 7) is 2.19. The van der Waals surface area contributed by atoms with Gasteiger partial charge in [0, 0.05) is 31.3 Å². The van der Waals surface area contributed by atoms with E-state index in [1.807, 2.05) is 0 Å². The number of carboxylic acid groups (broad SMARTS) is 1. The van der Waals surface area contributed by atoms with Gasteiger partial charge < -0.3 is 14.4 Å². The molecule has 0 atom stereocenters. The van der Waals surface area contributed by atoms with Gasteiger partial charge in [0.25, 0.3) is 5.69 Å². The molecule has 7 nitrogen and oxygen atoms in total. The molecule has 0 aliphatic carbocycles. The number of aryl methyl sites for hydroxylation is 1. The van der Waals surface area contributed by atoms with Crippen molar-refractivity contribution in [2.45, 2.75) is 13.5 Å². The van der Waals surface area contributed by atoms with Gasteiger partial charge in [0.15, 0.2) is 0 Å². The normalized spacial score (nSPS) is 10.4. The maximum atomic E-state index is 11.3. The first-order valence-electron chi connectivity index (χ1n) is 6.16. The summed E-state index contributed by atoms with van der Waals surface area (Å²) in [6.07, 6.45) is 1.55. The summed E-state index contributed by atoms with van der Waals surface area (Å²) in [7, 11) is 1.68. The maximum absolute atomic E-state index is 11.3. The first-order chi connectivity index (χ1) is 9.90. The summed E-state index contributed by atoms with van der Waals surface area (Å²) < 4.78 is 5.19. The van der Waals surface area contributed by atoms with E-state index in [0.29, 0.717) is 6.54 Å². The Hall–Kier alpha value is -2.83. The van der Waals surface area contributed by atoms with Crippen molar-refractivity contribution in [3.63, 3.8) is 0 Å². The first-order valence-corrected chi connectivity index (χ1v) is 6.16. The summed E-state index contributed by atoms with van der Waals surface area (Å²) in [4.78, 5) is 23.2. The smallest absolute Gasteiger partial charge is 0.337 e. The molecule has 1 N–H and O–H groups in total. The van der Waals surface area contributed by atoms with Crippen molar-refractivity contribution in [3.8, 4) is 0 Å². The van der Waals surface area contributed by atoms with Crippen LogP contribution >= 0.6 is 0 Å². The van der Waals surface area contributed by atoms with Gasteiger partial charge in [0.2, 0.25) is 0 Å². The van der Waals surface area contributed by atoms with Crippen LogP contribution in [0.5, 0.6) is 0 Å². The van der Waals surface area contributed by atoms with Crippen molar-refractivity contribution >= 4 is 17.3 Å². The van der Waals surface area contributed by atoms with E-state index in [4.69, 9.17) is 4.42 Å². The molecule has 1 aromatic heterocycles. The predicted octanol–water partition coefficient (Wildman–Crippen LogP) is 2.83. The second kappa shape index (κ2) is 5.66. The Morgan fingerprint density at radius 2 is 2.14 bits per heavy atom. The molecule has 0 amide bonds. The molecule has 0 saturated carbocycles. The van der Waals surface area contributed by atoms with Crippen LogP contribution in [0, 0.1) is 17.0 Å². The van der Waals surface area contributed by atoms with E-state index in [2.05, 4.69) is 0 Å². The lowest BCUT2D eigenvalue weighted by molar-refractivity contribution is -0.384. The van der Waals surface area contributed by atoms with Crippen LogP contribution in [0.1, 0.15) is 21.7 Å². The van der Waals surface area contributed by atoms with E-state index in [9.17, 15) is 20.0 Å². The van der Waals surface area contributed by atoms with Crippen LogP contribution in [0.2, 0.25) is 0 Å². The minimum absolute atomic E-state index is 0.0178. The third-order valence-electron chi connectivity index (χ3n) is 3.21. The molecule has 1 heterocycles. The van der Waals surface area contributed by atoms with Gasteiger partial charge in [0.05, 0.1) is 22.4 Å². The fraction of sp³-hybridized carbons (Fsp3) is 0.214. The van der Waals surface area contributed by atoms with E-state index in [1.165, 1.54) is 18.2 Å². The quantitative estimate of drug-likeness (QED) is 0.671. The van der Waals surface area contributed by atoms with Crippen LogP contribution < -0.4 is 4.90 Å². The molecular formula is C14H14N2O5. The summed E-state index contributed by atoms with van der Waals surface area (Å²) in [6, 6.07) is 5.47. The van der Waals surface area contributed by atoms with Gasteiger partial charge >= 0.3 is 5.97 Å². The summed E-state index contributed by atoms with van der Waals surface area (Å²) >= 11 is 0. The van der Waals surface area contributed by atoms with Gasteiger partial charge in [-0.1, -0.05) is 0 Å². The molecule has 0 saturated heterocycles. The molecule has 21 heavy (non-hydrogen) atoms. The third kappa shape index (κ3) is 3.02.